The maximum atomic E-state index is 11.7. The van der Waals surface area contributed by atoms with Crippen molar-refractivity contribution in [2.75, 3.05) is 13.1 Å². The van der Waals surface area contributed by atoms with Crippen LogP contribution in [0.4, 0.5) is 0 Å². The van der Waals surface area contributed by atoms with Crippen LogP contribution in [0.15, 0.2) is 30.4 Å². The van der Waals surface area contributed by atoms with E-state index in [0.29, 0.717) is 16.5 Å². The first-order valence-electron chi connectivity index (χ1n) is 10.7. The first-order chi connectivity index (χ1) is 13.6. The number of hydrogen-bond acceptors (Lipinski definition) is 2. The van der Waals surface area contributed by atoms with E-state index < -0.39 is 0 Å². The van der Waals surface area contributed by atoms with E-state index in [1.54, 1.807) is 12.1 Å². The summed E-state index contributed by atoms with van der Waals surface area (Å²) >= 11 is 5.71. The standard InChI is InChI=1S/C12H23NO.C8H6ClN.C5H10/c1-5-10(4)11-6-7-13(8-11)12(14)9(2)3;1-6-2-3-7(5-10)8(9)4-6;1-4-5(2)3/h9-11H,5-8H2,1-4H3;2-4H,1H3;2,4H2,1,3H3. The fourth-order valence-electron chi connectivity index (χ4n) is 2.86. The summed E-state index contributed by atoms with van der Waals surface area (Å²) in [6.07, 6.45) is 3.54. The average molecular weight is 419 g/mol. The number of benzene rings is 1. The van der Waals surface area contributed by atoms with Gasteiger partial charge in [0.25, 0.3) is 0 Å². The topological polar surface area (TPSA) is 44.1 Å². The Labute approximate surface area is 183 Å². The van der Waals surface area contributed by atoms with Gasteiger partial charge in [-0.15, -0.1) is 6.58 Å². The number of halogens is 1. The Hall–Kier alpha value is -1.79. The van der Waals surface area contributed by atoms with E-state index in [1.165, 1.54) is 18.4 Å². The molecule has 2 atom stereocenters. The highest BCUT2D eigenvalue weighted by molar-refractivity contribution is 6.31. The first kappa shape index (κ1) is 27.2. The summed E-state index contributed by atoms with van der Waals surface area (Å²) in [7, 11) is 0. The highest BCUT2D eigenvalue weighted by Gasteiger charge is 2.29. The number of nitriles is 1. The summed E-state index contributed by atoms with van der Waals surface area (Å²) < 4.78 is 0. The molecule has 1 fully saturated rings. The molecule has 1 aromatic rings. The van der Waals surface area contributed by atoms with Crippen LogP contribution in [0.2, 0.25) is 5.02 Å². The van der Waals surface area contributed by atoms with Crippen LogP contribution in [-0.2, 0) is 4.79 Å². The largest absolute Gasteiger partial charge is 0.342 e. The lowest BCUT2D eigenvalue weighted by atomic mass is 9.91. The minimum Gasteiger partial charge on any atom is -0.342 e. The van der Waals surface area contributed by atoms with Crippen LogP contribution < -0.4 is 0 Å². The summed E-state index contributed by atoms with van der Waals surface area (Å²) in [5, 5.41) is 9.00. The molecule has 3 nitrogen and oxygen atoms in total. The van der Waals surface area contributed by atoms with Gasteiger partial charge in [-0.1, -0.05) is 64.3 Å². The van der Waals surface area contributed by atoms with Gasteiger partial charge in [-0.25, -0.2) is 0 Å². The molecule has 29 heavy (non-hydrogen) atoms. The number of allylic oxidation sites excluding steroid dienone is 1. The van der Waals surface area contributed by atoms with E-state index in [1.807, 2.05) is 44.7 Å². The van der Waals surface area contributed by atoms with Crippen molar-refractivity contribution in [1.29, 1.82) is 5.26 Å². The van der Waals surface area contributed by atoms with Crippen LogP contribution >= 0.6 is 11.6 Å². The Bertz CT molecular complexity index is 691. The van der Waals surface area contributed by atoms with Crippen molar-refractivity contribution in [2.45, 2.75) is 67.7 Å². The van der Waals surface area contributed by atoms with Crippen molar-refractivity contribution >= 4 is 17.5 Å². The third-order valence-corrected chi connectivity index (χ3v) is 5.64. The van der Waals surface area contributed by atoms with Crippen LogP contribution in [-0.4, -0.2) is 23.9 Å². The van der Waals surface area contributed by atoms with Gasteiger partial charge in [0, 0.05) is 19.0 Å². The van der Waals surface area contributed by atoms with Gasteiger partial charge in [-0.05, 0) is 56.2 Å². The van der Waals surface area contributed by atoms with Crippen LogP contribution in [0.25, 0.3) is 0 Å². The Kier molecular flexibility index (Phi) is 13.4. The van der Waals surface area contributed by atoms with E-state index in [9.17, 15) is 4.79 Å². The maximum absolute atomic E-state index is 11.7. The molecule has 0 saturated carbocycles. The first-order valence-corrected chi connectivity index (χ1v) is 11.0. The molecule has 1 heterocycles. The Morgan fingerprint density at radius 3 is 2.34 bits per heavy atom. The van der Waals surface area contributed by atoms with Gasteiger partial charge in [0.2, 0.25) is 5.91 Å². The summed E-state index contributed by atoms with van der Waals surface area (Å²) in [4.78, 5) is 13.8. The number of rotatable bonds is 4. The molecule has 0 radical (unpaired) electrons. The van der Waals surface area contributed by atoms with Crippen LogP contribution in [0, 0.1) is 36.0 Å². The molecule has 0 bridgehead atoms. The molecule has 1 aliphatic heterocycles. The molecule has 4 heteroatoms. The molecule has 0 aromatic heterocycles. The lowest BCUT2D eigenvalue weighted by Crippen LogP contribution is -2.32. The second-order valence-electron chi connectivity index (χ2n) is 8.28. The number of carbonyl (C=O) groups excluding carboxylic acids is 1. The van der Waals surface area contributed by atoms with Crippen LogP contribution in [0.1, 0.15) is 71.9 Å². The smallest absolute Gasteiger partial charge is 0.225 e. The highest BCUT2D eigenvalue weighted by Crippen LogP contribution is 2.26. The van der Waals surface area contributed by atoms with Gasteiger partial charge in [0.05, 0.1) is 10.6 Å². The van der Waals surface area contributed by atoms with Crippen molar-refractivity contribution < 1.29 is 4.79 Å². The van der Waals surface area contributed by atoms with Crippen molar-refractivity contribution in [3.63, 3.8) is 0 Å². The Morgan fingerprint density at radius 1 is 1.34 bits per heavy atom. The second-order valence-corrected chi connectivity index (χ2v) is 8.69. The van der Waals surface area contributed by atoms with Crippen LogP contribution in [0.5, 0.6) is 0 Å². The molecule has 2 unspecified atom stereocenters. The number of aryl methyl sites for hydroxylation is 1. The monoisotopic (exact) mass is 418 g/mol. The summed E-state index contributed by atoms with van der Waals surface area (Å²) in [6.45, 7) is 20.2. The molecule has 1 aliphatic rings. The zero-order chi connectivity index (χ0) is 22.6. The summed E-state index contributed by atoms with van der Waals surface area (Å²) in [5.74, 6) is 1.99. The van der Waals surface area contributed by atoms with E-state index >= 15 is 0 Å². The van der Waals surface area contributed by atoms with Crippen molar-refractivity contribution in [3.8, 4) is 6.07 Å². The van der Waals surface area contributed by atoms with Crippen molar-refractivity contribution in [2.24, 2.45) is 17.8 Å². The SMILES string of the molecule is C=C(C)CC.CCC(C)C1CCN(C(=O)C(C)C)C1.Cc1ccc(C#N)c(Cl)c1. The molecular weight excluding hydrogens is 380 g/mol. The van der Waals surface area contributed by atoms with Gasteiger partial charge in [0.15, 0.2) is 0 Å². The number of hydrogen-bond donors (Lipinski definition) is 0. The van der Waals surface area contributed by atoms with Crippen molar-refractivity contribution in [3.05, 3.63) is 46.5 Å². The van der Waals surface area contributed by atoms with Crippen molar-refractivity contribution in [1.82, 2.24) is 4.90 Å². The lowest BCUT2D eigenvalue weighted by molar-refractivity contribution is -0.133. The summed E-state index contributed by atoms with van der Waals surface area (Å²) in [5.41, 5.74) is 2.86. The average Bonchev–Trinajstić information content (AvgIpc) is 3.17. The number of likely N-dealkylation sites (tertiary alicyclic amines) is 1. The van der Waals surface area contributed by atoms with E-state index in [2.05, 4.69) is 27.4 Å². The number of carbonyl (C=O) groups is 1. The molecule has 1 aromatic carbocycles. The molecule has 0 spiro atoms. The van der Waals surface area contributed by atoms with Crippen LogP contribution in [0.3, 0.4) is 0 Å². The fourth-order valence-corrected chi connectivity index (χ4v) is 3.14. The highest BCUT2D eigenvalue weighted by atomic mass is 35.5. The van der Waals surface area contributed by atoms with Gasteiger partial charge < -0.3 is 4.90 Å². The van der Waals surface area contributed by atoms with E-state index in [-0.39, 0.29) is 5.92 Å². The quantitative estimate of drug-likeness (QED) is 0.492. The lowest BCUT2D eigenvalue weighted by Gasteiger charge is -2.20. The van der Waals surface area contributed by atoms with E-state index in [0.717, 1.165) is 36.9 Å². The summed E-state index contributed by atoms with van der Waals surface area (Å²) in [6, 6.07) is 7.35. The Balaban J connectivity index is 0.000000455. The van der Waals surface area contributed by atoms with Gasteiger partial charge in [0.1, 0.15) is 6.07 Å². The maximum Gasteiger partial charge on any atom is 0.225 e. The van der Waals surface area contributed by atoms with E-state index in [4.69, 9.17) is 16.9 Å². The zero-order valence-corrected chi connectivity index (χ0v) is 20.1. The molecular formula is C25H39ClN2O. The normalized spacial score (nSPS) is 16.1. The third-order valence-electron chi connectivity index (χ3n) is 5.33. The zero-order valence-electron chi connectivity index (χ0n) is 19.4. The third kappa shape index (κ3) is 10.5. The Morgan fingerprint density at radius 2 is 1.93 bits per heavy atom. The fraction of sp³-hybridized carbons (Fsp3) is 0.600. The minimum absolute atomic E-state index is 0.158. The second kappa shape index (κ2) is 14.2. The van der Waals surface area contributed by atoms with Gasteiger partial charge >= 0.3 is 0 Å². The minimum atomic E-state index is 0.158. The number of amides is 1. The molecule has 0 aliphatic carbocycles. The molecule has 0 N–H and O–H groups in total. The van der Waals surface area contributed by atoms with Gasteiger partial charge in [-0.3, -0.25) is 4.79 Å². The predicted molar refractivity (Wildman–Crippen MR) is 125 cm³/mol. The predicted octanol–water partition coefficient (Wildman–Crippen LogP) is 7.03. The number of nitrogens with zero attached hydrogens (tertiary/aromatic N) is 2. The molecule has 2 rings (SSSR count). The molecule has 1 saturated heterocycles. The molecule has 1 amide bonds. The molecule has 162 valence electrons. The van der Waals surface area contributed by atoms with Gasteiger partial charge in [-0.2, -0.15) is 5.26 Å².